The maximum Gasteiger partial charge on any atom is 0.158 e. The van der Waals surface area contributed by atoms with Crippen molar-refractivity contribution < 1.29 is 19.3 Å². The van der Waals surface area contributed by atoms with Gasteiger partial charge in [-0.05, 0) is 13.3 Å². The molecule has 2 unspecified atom stereocenters. The Bertz CT molecular complexity index is 221. The maximum absolute atomic E-state index is 9.14. The third-order valence-corrected chi connectivity index (χ3v) is 3.18. The second-order valence-electron chi connectivity index (χ2n) is 4.82. The van der Waals surface area contributed by atoms with Crippen LogP contribution in [0.1, 0.15) is 19.8 Å². The molecule has 0 aromatic rings. The van der Waals surface area contributed by atoms with Crippen LogP contribution in [-0.4, -0.2) is 68.0 Å². The molecule has 0 aromatic heterocycles. The van der Waals surface area contributed by atoms with Gasteiger partial charge in [0.2, 0.25) is 0 Å². The zero-order valence-corrected chi connectivity index (χ0v) is 10.5. The van der Waals surface area contributed by atoms with Crippen LogP contribution in [0.25, 0.3) is 0 Å². The third-order valence-electron chi connectivity index (χ3n) is 3.18. The molecule has 2 atom stereocenters. The minimum absolute atomic E-state index is 0.0468. The molecule has 2 fully saturated rings. The molecule has 5 nitrogen and oxygen atoms in total. The van der Waals surface area contributed by atoms with Crippen molar-refractivity contribution in [2.45, 2.75) is 38.3 Å². The van der Waals surface area contributed by atoms with Crippen molar-refractivity contribution in [1.82, 2.24) is 4.90 Å². The van der Waals surface area contributed by atoms with Crippen LogP contribution in [0.2, 0.25) is 0 Å². The minimum Gasteiger partial charge on any atom is -0.394 e. The Balaban J connectivity index is 1.70. The Morgan fingerprint density at radius 3 is 2.71 bits per heavy atom. The number of rotatable bonds is 4. The lowest BCUT2D eigenvalue weighted by atomic mass is 10.2. The topological polar surface area (TPSA) is 51.2 Å². The SMILES string of the molecule is CC1CN(CCC2OCCCO2)CC(CO)O1. The fourth-order valence-electron chi connectivity index (χ4n) is 2.42. The fourth-order valence-corrected chi connectivity index (χ4v) is 2.42. The van der Waals surface area contributed by atoms with Crippen molar-refractivity contribution in [3.8, 4) is 0 Å². The molecule has 0 saturated carbocycles. The van der Waals surface area contributed by atoms with Gasteiger partial charge in [0.15, 0.2) is 6.29 Å². The van der Waals surface area contributed by atoms with Gasteiger partial charge < -0.3 is 19.3 Å². The molecule has 1 N–H and O–H groups in total. The average Bonchev–Trinajstić information content (AvgIpc) is 2.37. The van der Waals surface area contributed by atoms with Gasteiger partial charge in [-0.25, -0.2) is 0 Å². The monoisotopic (exact) mass is 245 g/mol. The lowest BCUT2D eigenvalue weighted by molar-refractivity contribution is -0.185. The highest BCUT2D eigenvalue weighted by molar-refractivity contribution is 4.75. The van der Waals surface area contributed by atoms with E-state index in [-0.39, 0.29) is 25.1 Å². The molecule has 0 spiro atoms. The van der Waals surface area contributed by atoms with Gasteiger partial charge in [-0.15, -0.1) is 0 Å². The third kappa shape index (κ3) is 4.19. The summed E-state index contributed by atoms with van der Waals surface area (Å²) >= 11 is 0. The summed E-state index contributed by atoms with van der Waals surface area (Å²) in [6.07, 6.45) is 1.98. The Kier molecular flexibility index (Phi) is 5.18. The largest absolute Gasteiger partial charge is 0.394 e. The van der Waals surface area contributed by atoms with E-state index in [1.165, 1.54) is 0 Å². The molecule has 100 valence electrons. The summed E-state index contributed by atoms with van der Waals surface area (Å²) in [6.45, 7) is 6.41. The van der Waals surface area contributed by atoms with Crippen molar-refractivity contribution >= 4 is 0 Å². The first-order valence-electron chi connectivity index (χ1n) is 6.50. The van der Waals surface area contributed by atoms with Crippen LogP contribution >= 0.6 is 0 Å². The lowest BCUT2D eigenvalue weighted by Gasteiger charge is -2.36. The molecule has 0 aliphatic carbocycles. The van der Waals surface area contributed by atoms with Crippen molar-refractivity contribution in [3.05, 3.63) is 0 Å². The highest BCUT2D eigenvalue weighted by Crippen LogP contribution is 2.14. The van der Waals surface area contributed by atoms with Crippen molar-refractivity contribution in [2.75, 3.05) is 39.5 Å². The fraction of sp³-hybridized carbons (Fsp3) is 1.00. The van der Waals surface area contributed by atoms with Crippen LogP contribution in [0.5, 0.6) is 0 Å². The Morgan fingerprint density at radius 2 is 2.00 bits per heavy atom. The summed E-state index contributed by atoms with van der Waals surface area (Å²) in [5, 5.41) is 9.14. The molecule has 2 heterocycles. The second kappa shape index (κ2) is 6.66. The van der Waals surface area contributed by atoms with E-state index in [1.54, 1.807) is 0 Å². The van der Waals surface area contributed by atoms with Crippen LogP contribution in [0.15, 0.2) is 0 Å². The van der Waals surface area contributed by atoms with Crippen molar-refractivity contribution in [3.63, 3.8) is 0 Å². The quantitative estimate of drug-likeness (QED) is 0.768. The summed E-state index contributed by atoms with van der Waals surface area (Å²) < 4.78 is 16.6. The average molecular weight is 245 g/mol. The molecule has 0 radical (unpaired) electrons. The van der Waals surface area contributed by atoms with Crippen LogP contribution in [-0.2, 0) is 14.2 Å². The van der Waals surface area contributed by atoms with Gasteiger partial charge in [0.1, 0.15) is 0 Å². The molecular formula is C12H23NO4. The first-order valence-corrected chi connectivity index (χ1v) is 6.50. The number of aliphatic hydroxyl groups excluding tert-OH is 1. The molecule has 17 heavy (non-hydrogen) atoms. The summed E-state index contributed by atoms with van der Waals surface area (Å²) in [4.78, 5) is 2.32. The molecule has 5 heteroatoms. The summed E-state index contributed by atoms with van der Waals surface area (Å²) in [6, 6.07) is 0. The van der Waals surface area contributed by atoms with Gasteiger partial charge in [-0.1, -0.05) is 0 Å². The smallest absolute Gasteiger partial charge is 0.158 e. The molecule has 0 aromatic carbocycles. The van der Waals surface area contributed by atoms with Crippen molar-refractivity contribution in [2.24, 2.45) is 0 Å². The summed E-state index contributed by atoms with van der Waals surface area (Å²) in [7, 11) is 0. The Labute approximate surface area is 103 Å². The van der Waals surface area contributed by atoms with Gasteiger partial charge >= 0.3 is 0 Å². The van der Waals surface area contributed by atoms with E-state index in [0.29, 0.717) is 0 Å². The van der Waals surface area contributed by atoms with E-state index >= 15 is 0 Å². The normalized spacial score (nSPS) is 32.8. The molecule has 0 bridgehead atoms. The number of ether oxygens (including phenoxy) is 3. The van der Waals surface area contributed by atoms with E-state index in [4.69, 9.17) is 19.3 Å². The van der Waals surface area contributed by atoms with Crippen molar-refractivity contribution in [1.29, 1.82) is 0 Å². The second-order valence-corrected chi connectivity index (χ2v) is 4.82. The van der Waals surface area contributed by atoms with Crippen LogP contribution in [0.3, 0.4) is 0 Å². The molecule has 2 aliphatic heterocycles. The van der Waals surface area contributed by atoms with Gasteiger partial charge in [0.25, 0.3) is 0 Å². The Morgan fingerprint density at radius 1 is 1.24 bits per heavy atom. The van der Waals surface area contributed by atoms with E-state index in [0.717, 1.165) is 45.7 Å². The van der Waals surface area contributed by atoms with Crippen LogP contribution in [0.4, 0.5) is 0 Å². The van der Waals surface area contributed by atoms with Gasteiger partial charge in [0, 0.05) is 26.1 Å². The Hall–Kier alpha value is -0.200. The standard InChI is InChI=1S/C12H23NO4/c1-10-7-13(8-11(9-14)17-10)4-3-12-15-5-2-6-16-12/h10-12,14H,2-9H2,1H3. The van der Waals surface area contributed by atoms with Crippen LogP contribution in [0, 0.1) is 0 Å². The molecular weight excluding hydrogens is 222 g/mol. The van der Waals surface area contributed by atoms with E-state index < -0.39 is 0 Å². The summed E-state index contributed by atoms with van der Waals surface area (Å²) in [5.74, 6) is 0. The minimum atomic E-state index is -0.0491. The number of hydrogen-bond acceptors (Lipinski definition) is 5. The first kappa shape index (κ1) is 13.2. The summed E-state index contributed by atoms with van der Waals surface area (Å²) in [5.41, 5.74) is 0. The van der Waals surface area contributed by atoms with Gasteiger partial charge in [-0.3, -0.25) is 4.90 Å². The van der Waals surface area contributed by atoms with Gasteiger partial charge in [0.05, 0.1) is 32.0 Å². The first-order chi connectivity index (χ1) is 8.28. The maximum atomic E-state index is 9.14. The van der Waals surface area contributed by atoms with E-state index in [2.05, 4.69) is 4.90 Å². The molecule has 0 amide bonds. The highest BCUT2D eigenvalue weighted by Gasteiger charge is 2.25. The molecule has 2 saturated heterocycles. The number of aliphatic hydroxyl groups is 1. The predicted octanol–water partition coefficient (Wildman–Crippen LogP) is 0.221. The zero-order valence-electron chi connectivity index (χ0n) is 10.5. The number of hydrogen-bond donors (Lipinski definition) is 1. The molecule has 2 aliphatic rings. The lowest BCUT2D eigenvalue weighted by Crippen LogP contribution is -2.48. The highest BCUT2D eigenvalue weighted by atomic mass is 16.7. The van der Waals surface area contributed by atoms with Gasteiger partial charge in [-0.2, -0.15) is 0 Å². The van der Waals surface area contributed by atoms with Crippen LogP contribution < -0.4 is 0 Å². The zero-order chi connectivity index (χ0) is 12.1. The predicted molar refractivity (Wildman–Crippen MR) is 62.8 cm³/mol. The number of morpholine rings is 1. The van der Waals surface area contributed by atoms with E-state index in [9.17, 15) is 0 Å². The molecule has 2 rings (SSSR count). The number of nitrogens with zero attached hydrogens (tertiary/aromatic N) is 1. The van der Waals surface area contributed by atoms with E-state index in [1.807, 2.05) is 6.92 Å².